The normalized spacial score (nSPS) is 13.2. The SMILES string of the molecule is CCC(CC)C(C)NC(=O)c1cc(Br)cc(S(N)(=O)=O)c1. The molecule has 0 fully saturated rings. The minimum Gasteiger partial charge on any atom is -0.349 e. The highest BCUT2D eigenvalue weighted by molar-refractivity contribution is 9.10. The third-order valence-electron chi connectivity index (χ3n) is 3.58. The summed E-state index contributed by atoms with van der Waals surface area (Å²) in [4.78, 5) is 12.2. The first-order valence-electron chi connectivity index (χ1n) is 6.83. The summed E-state index contributed by atoms with van der Waals surface area (Å²) in [6.07, 6.45) is 1.94. The zero-order valence-corrected chi connectivity index (χ0v) is 14.8. The summed E-state index contributed by atoms with van der Waals surface area (Å²) in [5, 5.41) is 8.02. The van der Waals surface area contributed by atoms with Crippen LogP contribution in [0.5, 0.6) is 0 Å². The first-order chi connectivity index (χ1) is 9.68. The molecule has 0 heterocycles. The second-order valence-corrected chi connectivity index (χ2v) is 7.54. The zero-order chi connectivity index (χ0) is 16.2. The highest BCUT2D eigenvalue weighted by Gasteiger charge is 2.19. The number of hydrogen-bond acceptors (Lipinski definition) is 3. The van der Waals surface area contributed by atoms with Gasteiger partial charge in [-0.15, -0.1) is 0 Å². The van der Waals surface area contributed by atoms with Crippen LogP contribution in [0.15, 0.2) is 27.6 Å². The lowest BCUT2D eigenvalue weighted by molar-refractivity contribution is 0.0925. The van der Waals surface area contributed by atoms with Crippen LogP contribution in [0.2, 0.25) is 0 Å². The molecule has 0 bridgehead atoms. The minimum absolute atomic E-state index is 0.0180. The lowest BCUT2D eigenvalue weighted by Crippen LogP contribution is -2.37. The Morgan fingerprint density at radius 1 is 1.29 bits per heavy atom. The third kappa shape index (κ3) is 5.09. The number of halogens is 1. The van der Waals surface area contributed by atoms with Gasteiger partial charge >= 0.3 is 0 Å². The van der Waals surface area contributed by atoms with E-state index in [9.17, 15) is 13.2 Å². The molecule has 1 atom stereocenters. The Labute approximate surface area is 134 Å². The minimum atomic E-state index is -3.85. The predicted molar refractivity (Wildman–Crippen MR) is 86.5 cm³/mol. The van der Waals surface area contributed by atoms with Crippen molar-refractivity contribution in [3.8, 4) is 0 Å². The molecule has 1 rings (SSSR count). The maximum Gasteiger partial charge on any atom is 0.251 e. The van der Waals surface area contributed by atoms with Gasteiger partial charge in [-0.3, -0.25) is 4.79 Å². The van der Waals surface area contributed by atoms with Crippen molar-refractivity contribution < 1.29 is 13.2 Å². The number of benzene rings is 1. The van der Waals surface area contributed by atoms with Gasteiger partial charge in [-0.1, -0.05) is 42.6 Å². The van der Waals surface area contributed by atoms with Gasteiger partial charge in [0.15, 0.2) is 0 Å². The van der Waals surface area contributed by atoms with E-state index in [0.717, 1.165) is 12.8 Å². The molecular weight excluding hydrogens is 356 g/mol. The van der Waals surface area contributed by atoms with Gasteiger partial charge in [-0.2, -0.15) is 0 Å². The van der Waals surface area contributed by atoms with Crippen molar-refractivity contribution in [3.05, 3.63) is 28.2 Å². The Hall–Kier alpha value is -0.920. The number of carbonyl (C=O) groups is 1. The average molecular weight is 377 g/mol. The topological polar surface area (TPSA) is 89.3 Å². The molecule has 1 amide bonds. The monoisotopic (exact) mass is 376 g/mol. The number of nitrogens with one attached hydrogen (secondary N) is 1. The summed E-state index contributed by atoms with van der Waals surface area (Å²) < 4.78 is 23.3. The molecule has 0 aliphatic heterocycles. The molecule has 0 spiro atoms. The highest BCUT2D eigenvalue weighted by Crippen LogP contribution is 2.19. The number of hydrogen-bond donors (Lipinski definition) is 2. The number of nitrogens with two attached hydrogens (primary N) is 1. The summed E-state index contributed by atoms with van der Waals surface area (Å²) in [6.45, 7) is 6.11. The molecule has 0 aliphatic rings. The fraction of sp³-hybridized carbons (Fsp3) is 0.500. The standard InChI is InChI=1S/C14H21BrN2O3S/c1-4-10(5-2)9(3)17-14(18)11-6-12(15)8-13(7-11)21(16,19)20/h6-10H,4-5H2,1-3H3,(H,17,18)(H2,16,19,20). The van der Waals surface area contributed by atoms with Gasteiger partial charge in [-0.25, -0.2) is 13.6 Å². The summed E-state index contributed by atoms with van der Waals surface area (Å²) in [5.74, 6) is 0.0828. The molecule has 0 saturated heterocycles. The summed E-state index contributed by atoms with van der Waals surface area (Å²) in [6, 6.07) is 4.25. The number of sulfonamides is 1. The van der Waals surface area contributed by atoms with Crippen molar-refractivity contribution in [2.45, 2.75) is 44.6 Å². The molecule has 7 heteroatoms. The van der Waals surface area contributed by atoms with Gasteiger partial charge in [0.2, 0.25) is 10.0 Å². The van der Waals surface area contributed by atoms with Crippen molar-refractivity contribution in [2.24, 2.45) is 11.1 Å². The van der Waals surface area contributed by atoms with Crippen molar-refractivity contribution in [3.63, 3.8) is 0 Å². The Morgan fingerprint density at radius 2 is 1.86 bits per heavy atom. The number of rotatable bonds is 6. The van der Waals surface area contributed by atoms with Crippen LogP contribution in [-0.4, -0.2) is 20.4 Å². The predicted octanol–water partition coefficient (Wildman–Crippen LogP) is 2.65. The van der Waals surface area contributed by atoms with Crippen LogP contribution in [-0.2, 0) is 10.0 Å². The first-order valence-corrected chi connectivity index (χ1v) is 9.17. The summed E-state index contributed by atoms with van der Waals surface area (Å²) in [7, 11) is -3.85. The van der Waals surface area contributed by atoms with Crippen molar-refractivity contribution in [2.75, 3.05) is 0 Å². The van der Waals surface area contributed by atoms with Gasteiger partial charge in [-0.05, 0) is 31.0 Å². The molecular formula is C14H21BrN2O3S. The molecule has 0 saturated carbocycles. The smallest absolute Gasteiger partial charge is 0.251 e. The lowest BCUT2D eigenvalue weighted by Gasteiger charge is -2.22. The molecule has 1 aromatic carbocycles. The summed E-state index contributed by atoms with van der Waals surface area (Å²) in [5.41, 5.74) is 0.270. The maximum absolute atomic E-state index is 12.3. The van der Waals surface area contributed by atoms with Gasteiger partial charge in [0.05, 0.1) is 4.90 Å². The molecule has 0 aliphatic carbocycles. The van der Waals surface area contributed by atoms with E-state index in [0.29, 0.717) is 10.4 Å². The van der Waals surface area contributed by atoms with E-state index in [1.165, 1.54) is 12.1 Å². The van der Waals surface area contributed by atoms with E-state index >= 15 is 0 Å². The first kappa shape index (κ1) is 18.1. The number of primary sulfonamides is 1. The highest BCUT2D eigenvalue weighted by atomic mass is 79.9. The average Bonchev–Trinajstić information content (AvgIpc) is 2.38. The van der Waals surface area contributed by atoms with Crippen LogP contribution in [0.4, 0.5) is 0 Å². The van der Waals surface area contributed by atoms with Crippen LogP contribution in [0, 0.1) is 5.92 Å². The molecule has 1 unspecified atom stereocenters. The van der Waals surface area contributed by atoms with E-state index in [2.05, 4.69) is 35.1 Å². The van der Waals surface area contributed by atoms with Gasteiger partial charge < -0.3 is 5.32 Å². The van der Waals surface area contributed by atoms with Gasteiger partial charge in [0, 0.05) is 16.1 Å². The molecule has 21 heavy (non-hydrogen) atoms. The van der Waals surface area contributed by atoms with E-state index in [4.69, 9.17) is 5.14 Å². The largest absolute Gasteiger partial charge is 0.349 e. The van der Waals surface area contributed by atoms with E-state index in [-0.39, 0.29) is 22.4 Å². The second-order valence-electron chi connectivity index (χ2n) is 5.06. The Kier molecular flexibility index (Phi) is 6.37. The van der Waals surface area contributed by atoms with Crippen LogP contribution in [0.25, 0.3) is 0 Å². The Balaban J connectivity index is 3.01. The Morgan fingerprint density at radius 3 is 2.33 bits per heavy atom. The molecule has 3 N–H and O–H groups in total. The van der Waals surface area contributed by atoms with E-state index in [1.807, 2.05) is 6.92 Å². The molecule has 5 nitrogen and oxygen atoms in total. The number of amides is 1. The van der Waals surface area contributed by atoms with Gasteiger partial charge in [0.1, 0.15) is 0 Å². The van der Waals surface area contributed by atoms with Crippen molar-refractivity contribution in [1.82, 2.24) is 5.32 Å². The van der Waals surface area contributed by atoms with Crippen molar-refractivity contribution in [1.29, 1.82) is 0 Å². The quantitative estimate of drug-likeness (QED) is 0.799. The van der Waals surface area contributed by atoms with E-state index < -0.39 is 10.0 Å². The van der Waals surface area contributed by atoms with Crippen LogP contribution in [0.3, 0.4) is 0 Å². The van der Waals surface area contributed by atoms with Crippen LogP contribution < -0.4 is 10.5 Å². The molecule has 0 aromatic heterocycles. The Bertz CT molecular complexity index is 613. The van der Waals surface area contributed by atoms with Crippen LogP contribution in [0.1, 0.15) is 44.0 Å². The number of carbonyl (C=O) groups excluding carboxylic acids is 1. The van der Waals surface area contributed by atoms with Gasteiger partial charge in [0.25, 0.3) is 5.91 Å². The fourth-order valence-corrected chi connectivity index (χ4v) is 3.49. The molecule has 0 radical (unpaired) electrons. The van der Waals surface area contributed by atoms with Crippen molar-refractivity contribution >= 4 is 31.9 Å². The fourth-order valence-electron chi connectivity index (χ4n) is 2.26. The molecule has 118 valence electrons. The summed E-state index contributed by atoms with van der Waals surface area (Å²) >= 11 is 3.20. The van der Waals surface area contributed by atoms with E-state index in [1.54, 1.807) is 6.07 Å². The van der Waals surface area contributed by atoms with Crippen LogP contribution >= 0.6 is 15.9 Å². The molecule has 1 aromatic rings. The second kappa shape index (κ2) is 7.38. The zero-order valence-electron chi connectivity index (χ0n) is 12.4. The maximum atomic E-state index is 12.3. The lowest BCUT2D eigenvalue weighted by atomic mass is 9.95. The third-order valence-corrected chi connectivity index (χ3v) is 4.93.